The fourth-order valence-corrected chi connectivity index (χ4v) is 7.58. The van der Waals surface area contributed by atoms with Crippen molar-refractivity contribution < 1.29 is 22.6 Å². The summed E-state index contributed by atoms with van der Waals surface area (Å²) in [6.45, 7) is 8.83. The molecule has 0 spiro atoms. The summed E-state index contributed by atoms with van der Waals surface area (Å²) in [5.41, 5.74) is 7.66. The third kappa shape index (κ3) is 10.1. The van der Waals surface area contributed by atoms with Crippen molar-refractivity contribution in [1.82, 2.24) is 5.32 Å². The molecule has 0 heterocycles. The Hall–Kier alpha value is -3.98. The third-order valence-corrected chi connectivity index (χ3v) is 11.0. The van der Waals surface area contributed by atoms with Gasteiger partial charge in [-0.05, 0) is 126 Å². The predicted octanol–water partition coefficient (Wildman–Crippen LogP) is 9.22. The Bertz CT molecular complexity index is 1890. The van der Waals surface area contributed by atoms with E-state index in [-0.39, 0.29) is 12.5 Å². The molecular formula is C41H47ClN2O5S. The molecule has 1 aliphatic rings. The summed E-state index contributed by atoms with van der Waals surface area (Å²) in [5, 5.41) is 6.32. The minimum Gasteiger partial charge on any atom is -0.351 e. The van der Waals surface area contributed by atoms with Crippen molar-refractivity contribution in [1.29, 1.82) is 0 Å². The molecule has 50 heavy (non-hydrogen) atoms. The fourth-order valence-electron chi connectivity index (χ4n) is 6.99. The van der Waals surface area contributed by atoms with E-state index in [0.29, 0.717) is 34.0 Å². The number of carbonyl (C=O) groups excluding carboxylic acids is 2. The van der Waals surface area contributed by atoms with Gasteiger partial charge in [0.05, 0.1) is 11.7 Å². The second-order valence-electron chi connectivity index (χ2n) is 14.6. The lowest BCUT2D eigenvalue weighted by molar-refractivity contribution is -0.117. The molecule has 0 aliphatic heterocycles. The molecule has 7 nitrogen and oxygen atoms in total. The van der Waals surface area contributed by atoms with Gasteiger partial charge in [0.2, 0.25) is 5.91 Å². The average molecular weight is 715 g/mol. The lowest BCUT2D eigenvalue weighted by Crippen LogP contribution is -2.28. The van der Waals surface area contributed by atoms with Crippen LogP contribution in [0.4, 0.5) is 5.69 Å². The molecule has 0 radical (unpaired) electrons. The highest BCUT2D eigenvalue weighted by molar-refractivity contribution is 7.85. The molecule has 1 saturated carbocycles. The van der Waals surface area contributed by atoms with Crippen LogP contribution in [-0.2, 0) is 21.3 Å². The van der Waals surface area contributed by atoms with Crippen LogP contribution in [0.25, 0.3) is 11.1 Å². The van der Waals surface area contributed by atoms with E-state index in [9.17, 15) is 18.0 Å². The number of halogens is 1. The summed E-state index contributed by atoms with van der Waals surface area (Å²) in [6.07, 6.45) is 5.21. The summed E-state index contributed by atoms with van der Waals surface area (Å²) < 4.78 is 30.9. The maximum Gasteiger partial charge on any atom is 0.266 e. The zero-order valence-corrected chi connectivity index (χ0v) is 30.8. The molecule has 0 bridgehead atoms. The van der Waals surface area contributed by atoms with E-state index in [1.807, 2.05) is 61.5 Å². The van der Waals surface area contributed by atoms with E-state index < -0.39 is 27.7 Å². The van der Waals surface area contributed by atoms with Crippen LogP contribution < -0.4 is 10.6 Å². The first-order chi connectivity index (χ1) is 23.7. The van der Waals surface area contributed by atoms with Gasteiger partial charge in [0.1, 0.15) is 0 Å². The van der Waals surface area contributed by atoms with Gasteiger partial charge in [-0.1, -0.05) is 87.0 Å². The van der Waals surface area contributed by atoms with E-state index in [1.165, 1.54) is 31.2 Å². The topological polar surface area (TPSA) is 113 Å². The Balaban J connectivity index is 1.33. The number of anilines is 1. The summed E-state index contributed by atoms with van der Waals surface area (Å²) in [7, 11) is -4.17. The van der Waals surface area contributed by atoms with Crippen LogP contribution in [0.1, 0.15) is 90.9 Å². The number of amides is 2. The number of aryl methyl sites for hydroxylation is 1. The molecule has 0 aromatic heterocycles. The van der Waals surface area contributed by atoms with Gasteiger partial charge in [0, 0.05) is 22.8 Å². The van der Waals surface area contributed by atoms with Crippen molar-refractivity contribution in [2.24, 2.45) is 11.3 Å². The number of hydrogen-bond donors (Lipinski definition) is 3. The lowest BCUT2D eigenvalue weighted by Gasteiger charge is -2.37. The molecular weight excluding hydrogens is 668 g/mol. The van der Waals surface area contributed by atoms with Gasteiger partial charge in [-0.3, -0.25) is 14.1 Å². The Labute approximate surface area is 301 Å². The highest BCUT2D eigenvalue weighted by Gasteiger charge is 2.30. The van der Waals surface area contributed by atoms with Crippen LogP contribution in [0.3, 0.4) is 0 Å². The van der Waals surface area contributed by atoms with Crippen molar-refractivity contribution >= 4 is 39.2 Å². The van der Waals surface area contributed by atoms with Gasteiger partial charge in [-0.25, -0.2) is 0 Å². The number of benzene rings is 4. The normalized spacial score (nSPS) is 17.2. The summed E-state index contributed by atoms with van der Waals surface area (Å²) in [6, 6.07) is 29.0. The molecule has 9 heteroatoms. The lowest BCUT2D eigenvalue weighted by atomic mass is 9.68. The van der Waals surface area contributed by atoms with Crippen molar-refractivity contribution in [3.05, 3.63) is 124 Å². The first-order valence-corrected chi connectivity index (χ1v) is 19.2. The van der Waals surface area contributed by atoms with E-state index in [1.54, 1.807) is 12.1 Å². The maximum absolute atomic E-state index is 14.0. The Morgan fingerprint density at radius 3 is 2.10 bits per heavy atom. The van der Waals surface area contributed by atoms with Gasteiger partial charge in [0.25, 0.3) is 16.0 Å². The molecule has 1 aliphatic carbocycles. The first kappa shape index (κ1) is 37.3. The standard InChI is InChI=1S/C41H47ClN2O5S/c1-27-25-35(42)19-22-37(27)31-15-20-36(21-16-31)44-40(46)38(26-28-5-7-33(8-6-28)39(45)43-23-24-50(47,48)49)32-11-9-29(10-12-32)30-13-17-34(18-14-30)41(2,3)4/h5-12,15-16,19-22,25,30,34,38H,13-14,17-18,23-24,26H2,1-4H3,(H,43,45)(H,44,46)(H,47,48,49)/t30-,34+,38?. The molecule has 4 aromatic carbocycles. The average Bonchev–Trinajstić information content (AvgIpc) is 3.07. The minimum atomic E-state index is -4.17. The SMILES string of the molecule is Cc1cc(Cl)ccc1-c1ccc(NC(=O)C(Cc2ccc(C(=O)NCCS(=O)(=O)O)cc2)c2ccc([C@H]3CC[C@@H](C(C)(C)C)CC3)cc2)cc1. The molecule has 5 rings (SSSR count). The van der Waals surface area contributed by atoms with Crippen LogP contribution in [0.15, 0.2) is 91.0 Å². The van der Waals surface area contributed by atoms with E-state index in [4.69, 9.17) is 16.2 Å². The molecule has 2 amide bonds. The van der Waals surface area contributed by atoms with Crippen LogP contribution in [-0.4, -0.2) is 37.1 Å². The van der Waals surface area contributed by atoms with Gasteiger partial charge >= 0.3 is 0 Å². The largest absolute Gasteiger partial charge is 0.351 e. The fraction of sp³-hybridized carbons (Fsp3) is 0.366. The zero-order chi connectivity index (χ0) is 36.1. The minimum absolute atomic E-state index is 0.133. The molecule has 3 N–H and O–H groups in total. The van der Waals surface area contributed by atoms with Crippen molar-refractivity contribution in [2.45, 2.75) is 71.6 Å². The Morgan fingerprint density at radius 1 is 0.880 bits per heavy atom. The third-order valence-electron chi connectivity index (χ3n) is 10.0. The van der Waals surface area contributed by atoms with Gasteiger partial charge in [-0.2, -0.15) is 8.42 Å². The molecule has 1 fully saturated rings. The van der Waals surface area contributed by atoms with E-state index in [2.05, 4.69) is 55.7 Å². The van der Waals surface area contributed by atoms with Crippen LogP contribution in [0, 0.1) is 18.3 Å². The maximum atomic E-state index is 14.0. The molecule has 1 unspecified atom stereocenters. The number of nitrogens with one attached hydrogen (secondary N) is 2. The van der Waals surface area contributed by atoms with E-state index >= 15 is 0 Å². The van der Waals surface area contributed by atoms with Crippen molar-refractivity contribution in [2.75, 3.05) is 17.6 Å². The monoisotopic (exact) mass is 714 g/mol. The van der Waals surface area contributed by atoms with Crippen molar-refractivity contribution in [3.8, 4) is 11.1 Å². The van der Waals surface area contributed by atoms with Gasteiger partial charge < -0.3 is 10.6 Å². The van der Waals surface area contributed by atoms with Crippen LogP contribution >= 0.6 is 11.6 Å². The molecule has 264 valence electrons. The predicted molar refractivity (Wildman–Crippen MR) is 202 cm³/mol. The number of carbonyl (C=O) groups is 2. The Morgan fingerprint density at radius 2 is 1.52 bits per heavy atom. The van der Waals surface area contributed by atoms with Gasteiger partial charge in [-0.15, -0.1) is 0 Å². The smallest absolute Gasteiger partial charge is 0.266 e. The van der Waals surface area contributed by atoms with E-state index in [0.717, 1.165) is 33.7 Å². The van der Waals surface area contributed by atoms with Gasteiger partial charge in [0.15, 0.2) is 0 Å². The summed E-state index contributed by atoms with van der Waals surface area (Å²) >= 11 is 6.16. The molecule has 4 aromatic rings. The Kier molecular flexibility index (Phi) is 11.9. The zero-order valence-electron chi connectivity index (χ0n) is 29.2. The highest BCUT2D eigenvalue weighted by atomic mass is 35.5. The quantitative estimate of drug-likeness (QED) is 0.134. The molecule has 1 atom stereocenters. The second-order valence-corrected chi connectivity index (χ2v) is 16.6. The van der Waals surface area contributed by atoms with Crippen LogP contribution in [0.5, 0.6) is 0 Å². The number of rotatable bonds is 11. The second kappa shape index (κ2) is 15.9. The first-order valence-electron chi connectivity index (χ1n) is 17.3. The number of hydrogen-bond acceptors (Lipinski definition) is 4. The molecule has 0 saturated heterocycles. The van der Waals surface area contributed by atoms with Crippen LogP contribution in [0.2, 0.25) is 5.02 Å². The van der Waals surface area contributed by atoms with Crippen molar-refractivity contribution in [3.63, 3.8) is 0 Å². The summed E-state index contributed by atoms with van der Waals surface area (Å²) in [4.78, 5) is 26.5. The highest BCUT2D eigenvalue weighted by Crippen LogP contribution is 2.43. The summed E-state index contributed by atoms with van der Waals surface area (Å²) in [5.74, 6) is -0.370.